The van der Waals surface area contributed by atoms with Crippen molar-refractivity contribution in [3.63, 3.8) is 0 Å². The molecular weight excluding hydrogens is 414 g/mol. The molecule has 0 amide bonds. The monoisotopic (exact) mass is 449 g/mol. The van der Waals surface area contributed by atoms with Gasteiger partial charge in [-0.3, -0.25) is 4.98 Å². The molecular formula is C26H35N5S. The SMILES string of the molecule is CCn1nc(-c2ccccn2)c2c1N[C@H](C)CS[C@@H]2c1ccc(CCC(C)(C)N)cc1C. The first-order valence-corrected chi connectivity index (χ1v) is 12.6. The first kappa shape index (κ1) is 22.9. The zero-order chi connectivity index (χ0) is 22.9. The van der Waals surface area contributed by atoms with Crippen LogP contribution in [0.3, 0.4) is 0 Å². The van der Waals surface area contributed by atoms with Gasteiger partial charge in [0.25, 0.3) is 0 Å². The van der Waals surface area contributed by atoms with Crippen molar-refractivity contribution in [1.29, 1.82) is 0 Å². The van der Waals surface area contributed by atoms with Gasteiger partial charge in [0.15, 0.2) is 0 Å². The second-order valence-corrected chi connectivity index (χ2v) is 10.7. The van der Waals surface area contributed by atoms with Crippen molar-refractivity contribution in [3.05, 3.63) is 64.8 Å². The normalized spacial score (nSPS) is 18.7. The number of pyridine rings is 1. The van der Waals surface area contributed by atoms with Crippen LogP contribution >= 0.6 is 11.8 Å². The summed E-state index contributed by atoms with van der Waals surface area (Å²) in [6, 6.07) is 13.4. The maximum Gasteiger partial charge on any atom is 0.129 e. The van der Waals surface area contributed by atoms with Gasteiger partial charge in [0.05, 0.1) is 10.9 Å². The zero-order valence-electron chi connectivity index (χ0n) is 19.9. The van der Waals surface area contributed by atoms with Gasteiger partial charge in [-0.05, 0) is 76.3 Å². The Balaban J connectivity index is 1.79. The smallest absolute Gasteiger partial charge is 0.129 e. The number of nitrogens with two attached hydrogens (primary N) is 1. The number of fused-ring (bicyclic) bond motifs is 1. The number of hydrogen-bond donors (Lipinski definition) is 2. The van der Waals surface area contributed by atoms with Crippen molar-refractivity contribution in [3.8, 4) is 11.4 Å². The van der Waals surface area contributed by atoms with Gasteiger partial charge >= 0.3 is 0 Å². The van der Waals surface area contributed by atoms with Gasteiger partial charge in [0, 0.05) is 35.6 Å². The minimum Gasteiger partial charge on any atom is -0.367 e. The highest BCUT2D eigenvalue weighted by molar-refractivity contribution is 7.99. The Hall–Kier alpha value is -2.31. The van der Waals surface area contributed by atoms with Crippen LogP contribution in [0, 0.1) is 6.92 Å². The Morgan fingerprint density at radius 2 is 2.06 bits per heavy atom. The number of nitrogens with one attached hydrogen (secondary N) is 1. The first-order chi connectivity index (χ1) is 15.3. The highest BCUT2D eigenvalue weighted by Gasteiger charge is 2.32. The van der Waals surface area contributed by atoms with E-state index >= 15 is 0 Å². The number of hydrogen-bond acceptors (Lipinski definition) is 5. The molecule has 0 saturated carbocycles. The molecule has 0 unspecified atom stereocenters. The Labute approximate surface area is 196 Å². The molecule has 0 aliphatic carbocycles. The van der Waals surface area contributed by atoms with Crippen LogP contribution in [0.2, 0.25) is 0 Å². The van der Waals surface area contributed by atoms with Crippen molar-refractivity contribution in [1.82, 2.24) is 14.8 Å². The fourth-order valence-electron chi connectivity index (χ4n) is 4.30. The summed E-state index contributed by atoms with van der Waals surface area (Å²) < 4.78 is 2.10. The molecule has 0 saturated heterocycles. The van der Waals surface area contributed by atoms with Crippen molar-refractivity contribution in [2.45, 2.75) is 70.8 Å². The third kappa shape index (κ3) is 4.86. The number of thioether (sulfide) groups is 1. The molecule has 3 heterocycles. The molecule has 1 aromatic carbocycles. The van der Waals surface area contributed by atoms with Gasteiger partial charge in [-0.15, -0.1) is 11.8 Å². The summed E-state index contributed by atoms with van der Waals surface area (Å²) in [4.78, 5) is 4.64. The van der Waals surface area contributed by atoms with E-state index in [1.807, 2.05) is 30.1 Å². The van der Waals surface area contributed by atoms with E-state index in [1.54, 1.807) is 0 Å². The lowest BCUT2D eigenvalue weighted by Gasteiger charge is -2.21. The van der Waals surface area contributed by atoms with Crippen LogP contribution in [0.25, 0.3) is 11.4 Å². The molecule has 0 bridgehead atoms. The highest BCUT2D eigenvalue weighted by atomic mass is 32.2. The fourth-order valence-corrected chi connectivity index (χ4v) is 5.69. The number of rotatable bonds is 6. The van der Waals surface area contributed by atoms with Crippen LogP contribution in [0.1, 0.15) is 61.6 Å². The molecule has 1 aliphatic heterocycles. The quantitative estimate of drug-likeness (QED) is 0.514. The topological polar surface area (TPSA) is 68.8 Å². The summed E-state index contributed by atoms with van der Waals surface area (Å²) >= 11 is 1.99. The van der Waals surface area contributed by atoms with Crippen LogP contribution in [-0.4, -0.2) is 32.1 Å². The third-order valence-electron chi connectivity index (χ3n) is 6.03. The summed E-state index contributed by atoms with van der Waals surface area (Å²) in [5.74, 6) is 2.16. The lowest BCUT2D eigenvalue weighted by atomic mass is 9.92. The van der Waals surface area contributed by atoms with Crippen molar-refractivity contribution in [2.24, 2.45) is 5.73 Å². The molecule has 1 aliphatic rings. The first-order valence-electron chi connectivity index (χ1n) is 11.6. The Morgan fingerprint density at radius 3 is 2.72 bits per heavy atom. The summed E-state index contributed by atoms with van der Waals surface area (Å²) in [6.07, 6.45) is 3.82. The second kappa shape index (κ2) is 9.28. The van der Waals surface area contributed by atoms with Crippen molar-refractivity contribution < 1.29 is 0 Å². The minimum absolute atomic E-state index is 0.146. The highest BCUT2D eigenvalue weighted by Crippen LogP contribution is 2.47. The Morgan fingerprint density at radius 1 is 1.25 bits per heavy atom. The van der Waals surface area contributed by atoms with Gasteiger partial charge in [0.1, 0.15) is 11.5 Å². The fraction of sp³-hybridized carbons (Fsp3) is 0.462. The molecule has 4 rings (SSSR count). The molecule has 0 fully saturated rings. The average Bonchev–Trinajstić information content (AvgIpc) is 3.02. The van der Waals surface area contributed by atoms with Crippen molar-refractivity contribution >= 4 is 17.6 Å². The van der Waals surface area contributed by atoms with Gasteiger partial charge in [-0.1, -0.05) is 24.3 Å². The van der Waals surface area contributed by atoms with Crippen LogP contribution in [0.5, 0.6) is 0 Å². The lowest BCUT2D eigenvalue weighted by molar-refractivity contribution is 0.477. The molecule has 2 aromatic heterocycles. The van der Waals surface area contributed by atoms with Gasteiger partial charge in [-0.2, -0.15) is 5.10 Å². The molecule has 2 atom stereocenters. The number of aryl methyl sites for hydroxylation is 3. The van der Waals surface area contributed by atoms with E-state index < -0.39 is 0 Å². The summed E-state index contributed by atoms with van der Waals surface area (Å²) in [6.45, 7) is 11.6. The standard InChI is InChI=1S/C26H35N5S/c1-6-31-25-22(23(30-31)21-9-7-8-14-28-21)24(32-16-18(3)29-25)20-11-10-19(15-17(20)2)12-13-26(4,5)27/h7-11,14-15,18,24,29H,6,12-13,16,27H2,1-5H3/t18-,24-/m1/s1. The lowest BCUT2D eigenvalue weighted by Crippen LogP contribution is -2.32. The predicted molar refractivity (Wildman–Crippen MR) is 136 cm³/mol. The average molecular weight is 450 g/mol. The van der Waals surface area contributed by atoms with Crippen molar-refractivity contribution in [2.75, 3.05) is 11.1 Å². The summed E-state index contributed by atoms with van der Waals surface area (Å²) in [7, 11) is 0. The van der Waals surface area contributed by atoms with Crippen LogP contribution in [0.4, 0.5) is 5.82 Å². The number of nitrogens with zero attached hydrogens (tertiary/aromatic N) is 3. The molecule has 0 radical (unpaired) electrons. The molecule has 3 aromatic rings. The Bertz CT molecular complexity index is 1070. The molecule has 5 nitrogen and oxygen atoms in total. The number of aromatic nitrogens is 3. The van der Waals surface area contributed by atoms with E-state index in [0.717, 1.165) is 42.3 Å². The summed E-state index contributed by atoms with van der Waals surface area (Å²) in [5, 5.41) is 8.95. The van der Waals surface area contributed by atoms with E-state index in [1.165, 1.54) is 22.3 Å². The van der Waals surface area contributed by atoms with E-state index in [9.17, 15) is 0 Å². The van der Waals surface area contributed by atoms with E-state index in [4.69, 9.17) is 10.8 Å². The van der Waals surface area contributed by atoms with E-state index in [0.29, 0.717) is 6.04 Å². The maximum absolute atomic E-state index is 6.21. The molecule has 6 heteroatoms. The Kier molecular flexibility index (Phi) is 6.63. The summed E-state index contributed by atoms with van der Waals surface area (Å²) in [5.41, 5.74) is 13.3. The van der Waals surface area contributed by atoms with Gasteiger partial charge in [-0.25, -0.2) is 4.68 Å². The number of anilines is 1. The molecule has 0 spiro atoms. The molecule has 32 heavy (non-hydrogen) atoms. The van der Waals surface area contributed by atoms with E-state index in [2.05, 4.69) is 73.9 Å². The second-order valence-electron chi connectivity index (χ2n) is 9.58. The minimum atomic E-state index is -0.146. The largest absolute Gasteiger partial charge is 0.367 e. The van der Waals surface area contributed by atoms with Crippen LogP contribution in [0.15, 0.2) is 42.6 Å². The van der Waals surface area contributed by atoms with Crippen LogP contribution < -0.4 is 11.1 Å². The molecule has 3 N–H and O–H groups in total. The maximum atomic E-state index is 6.21. The molecule has 170 valence electrons. The van der Waals surface area contributed by atoms with E-state index in [-0.39, 0.29) is 10.8 Å². The van der Waals surface area contributed by atoms with Crippen LogP contribution in [-0.2, 0) is 13.0 Å². The van der Waals surface area contributed by atoms with Gasteiger partial charge < -0.3 is 11.1 Å². The number of benzene rings is 1. The van der Waals surface area contributed by atoms with Gasteiger partial charge in [0.2, 0.25) is 0 Å². The predicted octanol–water partition coefficient (Wildman–Crippen LogP) is 5.58. The third-order valence-corrected chi connectivity index (χ3v) is 7.54. The zero-order valence-corrected chi connectivity index (χ0v) is 20.7.